The number of nitrogens with zero attached hydrogens (tertiary/aromatic N) is 2. The lowest BCUT2D eigenvalue weighted by atomic mass is 10.1. The Hall–Kier alpha value is -4.06. The van der Waals surface area contributed by atoms with Gasteiger partial charge in [-0.15, -0.1) is 6.58 Å². The van der Waals surface area contributed by atoms with E-state index in [2.05, 4.69) is 34.7 Å². The van der Waals surface area contributed by atoms with Gasteiger partial charge in [-0.2, -0.15) is 0 Å². The van der Waals surface area contributed by atoms with Crippen LogP contribution in [0.2, 0.25) is 0 Å². The third kappa shape index (κ3) is 7.03. The summed E-state index contributed by atoms with van der Waals surface area (Å²) in [4.78, 5) is 17.3. The number of fused-ring (bicyclic) bond motifs is 1. The number of methoxy groups -OCH3 is 1. The molecule has 0 unspecified atom stereocenters. The molecular formula is C32H37N3O3. The van der Waals surface area contributed by atoms with Crippen LogP contribution in [0.25, 0.3) is 11.0 Å². The Labute approximate surface area is 225 Å². The number of rotatable bonds is 14. The minimum absolute atomic E-state index is 0.0366. The number of benzene rings is 3. The van der Waals surface area contributed by atoms with Gasteiger partial charge in [0.1, 0.15) is 5.82 Å². The average molecular weight is 512 g/mol. The summed E-state index contributed by atoms with van der Waals surface area (Å²) in [5.74, 6) is 2.53. The molecule has 0 spiro atoms. The van der Waals surface area contributed by atoms with E-state index in [0.717, 1.165) is 78.1 Å². The first-order chi connectivity index (χ1) is 18.6. The van der Waals surface area contributed by atoms with Gasteiger partial charge >= 0.3 is 0 Å². The van der Waals surface area contributed by atoms with Crippen molar-refractivity contribution in [2.45, 2.75) is 45.6 Å². The molecule has 4 aromatic rings. The van der Waals surface area contributed by atoms with E-state index in [0.29, 0.717) is 18.7 Å². The van der Waals surface area contributed by atoms with Crippen molar-refractivity contribution < 1.29 is 14.3 Å². The molecule has 0 aliphatic heterocycles. The quantitative estimate of drug-likeness (QED) is 0.159. The number of ether oxygens (including phenoxy) is 2. The highest BCUT2D eigenvalue weighted by molar-refractivity contribution is 5.94. The lowest BCUT2D eigenvalue weighted by Crippen LogP contribution is -2.25. The number of hydrogen-bond donors (Lipinski definition) is 1. The third-order valence-corrected chi connectivity index (χ3v) is 6.55. The van der Waals surface area contributed by atoms with Crippen LogP contribution in [0, 0.1) is 6.92 Å². The zero-order valence-electron chi connectivity index (χ0n) is 22.4. The molecule has 0 radical (unpaired) electrons. The average Bonchev–Trinajstić information content (AvgIpc) is 3.29. The van der Waals surface area contributed by atoms with Crippen LogP contribution in [0.15, 0.2) is 79.4 Å². The van der Waals surface area contributed by atoms with Crippen LogP contribution in [0.4, 0.5) is 0 Å². The zero-order valence-corrected chi connectivity index (χ0v) is 22.4. The van der Waals surface area contributed by atoms with Crippen molar-refractivity contribution in [1.82, 2.24) is 14.9 Å². The summed E-state index contributed by atoms with van der Waals surface area (Å²) < 4.78 is 13.8. The molecule has 0 aliphatic rings. The first-order valence-electron chi connectivity index (χ1n) is 13.3. The number of carbonyl (C=O) groups is 1. The van der Waals surface area contributed by atoms with E-state index in [4.69, 9.17) is 14.5 Å². The molecule has 4 rings (SSSR count). The molecule has 1 aromatic heterocycles. The van der Waals surface area contributed by atoms with E-state index < -0.39 is 0 Å². The molecule has 0 saturated heterocycles. The maximum atomic E-state index is 12.4. The molecular weight excluding hydrogens is 474 g/mol. The molecule has 1 N–H and O–H groups in total. The van der Waals surface area contributed by atoms with Gasteiger partial charge in [0.05, 0.1) is 24.8 Å². The van der Waals surface area contributed by atoms with Crippen LogP contribution < -0.4 is 14.8 Å². The van der Waals surface area contributed by atoms with Crippen molar-refractivity contribution in [2.24, 2.45) is 0 Å². The van der Waals surface area contributed by atoms with E-state index >= 15 is 0 Å². The van der Waals surface area contributed by atoms with Crippen LogP contribution in [-0.4, -0.2) is 35.7 Å². The van der Waals surface area contributed by atoms with E-state index in [1.165, 1.54) is 0 Å². The summed E-state index contributed by atoms with van der Waals surface area (Å²) in [5, 5.41) is 3.03. The van der Waals surface area contributed by atoms with Gasteiger partial charge in [0, 0.05) is 25.1 Å². The number of amides is 1. The van der Waals surface area contributed by atoms with Gasteiger partial charge in [-0.1, -0.05) is 42.0 Å². The number of unbranched alkanes of at least 4 members (excludes halogenated alkanes) is 1. The predicted octanol–water partition coefficient (Wildman–Crippen LogP) is 6.30. The molecule has 6 heteroatoms. The summed E-state index contributed by atoms with van der Waals surface area (Å²) in [6.07, 6.45) is 6.19. The first kappa shape index (κ1) is 27.0. The number of imidazole rings is 1. The fraction of sp³-hybridized carbons (Fsp3) is 0.312. The molecule has 3 aromatic carbocycles. The number of carbonyl (C=O) groups excluding carboxylic acids is 1. The van der Waals surface area contributed by atoms with Gasteiger partial charge in [0.25, 0.3) is 5.91 Å². The van der Waals surface area contributed by atoms with Crippen LogP contribution in [0.3, 0.4) is 0 Å². The maximum Gasteiger partial charge on any atom is 0.251 e. The summed E-state index contributed by atoms with van der Waals surface area (Å²) >= 11 is 0. The molecule has 0 aliphatic carbocycles. The molecule has 38 heavy (non-hydrogen) atoms. The van der Waals surface area contributed by atoms with Crippen molar-refractivity contribution in [3.8, 4) is 11.5 Å². The van der Waals surface area contributed by atoms with Crippen molar-refractivity contribution in [3.05, 3.63) is 102 Å². The number of aryl methyl sites for hydroxylation is 3. The number of allylic oxidation sites excluding steroid dienone is 1. The fourth-order valence-corrected chi connectivity index (χ4v) is 4.50. The minimum Gasteiger partial charge on any atom is -0.493 e. The number of nitrogens with one attached hydrogen (secondary N) is 1. The Kier molecular flexibility index (Phi) is 9.57. The van der Waals surface area contributed by atoms with Gasteiger partial charge < -0.3 is 19.4 Å². The Morgan fingerprint density at radius 2 is 1.84 bits per heavy atom. The Balaban J connectivity index is 1.29. The van der Waals surface area contributed by atoms with Crippen molar-refractivity contribution in [2.75, 3.05) is 20.3 Å². The summed E-state index contributed by atoms with van der Waals surface area (Å²) in [6.45, 7) is 7.90. The summed E-state index contributed by atoms with van der Waals surface area (Å²) in [5.41, 5.74) is 5.14. The van der Waals surface area contributed by atoms with E-state index in [1.807, 2.05) is 61.5 Å². The highest BCUT2D eigenvalue weighted by Crippen LogP contribution is 2.28. The topological polar surface area (TPSA) is 65.4 Å². The van der Waals surface area contributed by atoms with Crippen LogP contribution in [0.1, 0.15) is 46.6 Å². The molecule has 0 fully saturated rings. The van der Waals surface area contributed by atoms with E-state index in [1.54, 1.807) is 7.11 Å². The number of hydrogen-bond acceptors (Lipinski definition) is 4. The molecule has 0 saturated carbocycles. The maximum absolute atomic E-state index is 12.4. The summed E-state index contributed by atoms with van der Waals surface area (Å²) in [6, 6.07) is 21.9. The minimum atomic E-state index is -0.0366. The standard InChI is InChI=1S/C32H37N3O3/c1-4-10-25-16-19-29(30(23-25)37-3)38-22-8-7-21-35-28-12-6-5-11-27(28)34-31(35)13-9-20-33-32(36)26-17-14-24(2)15-18-26/h4-6,11-12,14-19,23H,1,7-10,13,20-22H2,2-3H3,(H,33,36). The van der Waals surface area contributed by atoms with Crippen molar-refractivity contribution >= 4 is 16.9 Å². The molecule has 0 bridgehead atoms. The second kappa shape index (κ2) is 13.5. The van der Waals surface area contributed by atoms with Crippen molar-refractivity contribution in [1.29, 1.82) is 0 Å². The highest BCUT2D eigenvalue weighted by Gasteiger charge is 2.11. The molecule has 198 valence electrons. The second-order valence-corrected chi connectivity index (χ2v) is 9.43. The largest absolute Gasteiger partial charge is 0.493 e. The summed E-state index contributed by atoms with van der Waals surface area (Å²) in [7, 11) is 1.67. The van der Waals surface area contributed by atoms with Crippen molar-refractivity contribution in [3.63, 3.8) is 0 Å². The Bertz CT molecular complexity index is 1360. The second-order valence-electron chi connectivity index (χ2n) is 9.43. The molecule has 1 heterocycles. The SMILES string of the molecule is C=CCc1ccc(OCCCCn2c(CCCNC(=O)c3ccc(C)cc3)nc3ccccc32)c(OC)c1. The van der Waals surface area contributed by atoms with E-state index in [9.17, 15) is 4.79 Å². The highest BCUT2D eigenvalue weighted by atomic mass is 16.5. The van der Waals surface area contributed by atoms with Gasteiger partial charge in [0.15, 0.2) is 11.5 Å². The van der Waals surface area contributed by atoms with Crippen LogP contribution in [-0.2, 0) is 19.4 Å². The third-order valence-electron chi connectivity index (χ3n) is 6.55. The smallest absolute Gasteiger partial charge is 0.251 e. The van der Waals surface area contributed by atoms with Gasteiger partial charge in [0.2, 0.25) is 0 Å². The first-order valence-corrected chi connectivity index (χ1v) is 13.3. The molecule has 6 nitrogen and oxygen atoms in total. The zero-order chi connectivity index (χ0) is 26.7. The lowest BCUT2D eigenvalue weighted by Gasteiger charge is -2.13. The van der Waals surface area contributed by atoms with Gasteiger partial charge in [-0.05, 0) is 74.6 Å². The molecule has 1 amide bonds. The predicted molar refractivity (Wildman–Crippen MR) is 153 cm³/mol. The number of aromatic nitrogens is 2. The van der Waals surface area contributed by atoms with Gasteiger partial charge in [-0.25, -0.2) is 4.98 Å². The van der Waals surface area contributed by atoms with Crippen LogP contribution >= 0.6 is 0 Å². The Morgan fingerprint density at radius 3 is 2.63 bits per heavy atom. The Morgan fingerprint density at radius 1 is 1.03 bits per heavy atom. The van der Waals surface area contributed by atoms with E-state index in [-0.39, 0.29) is 5.91 Å². The lowest BCUT2D eigenvalue weighted by molar-refractivity contribution is 0.0953. The fourth-order valence-electron chi connectivity index (χ4n) is 4.50. The molecule has 0 atom stereocenters. The monoisotopic (exact) mass is 511 g/mol. The normalized spacial score (nSPS) is 10.9. The number of para-hydroxylation sites is 2. The van der Waals surface area contributed by atoms with Gasteiger partial charge in [-0.3, -0.25) is 4.79 Å². The van der Waals surface area contributed by atoms with Crippen LogP contribution in [0.5, 0.6) is 11.5 Å².